The van der Waals surface area contributed by atoms with Gasteiger partial charge in [0.15, 0.2) is 6.17 Å². The fourth-order valence-electron chi connectivity index (χ4n) is 4.46. The summed E-state index contributed by atoms with van der Waals surface area (Å²) in [5, 5.41) is 0. The molecule has 0 amide bonds. The van der Waals surface area contributed by atoms with Gasteiger partial charge in [0.1, 0.15) is 12.3 Å². The van der Waals surface area contributed by atoms with Crippen molar-refractivity contribution < 1.29 is 22.6 Å². The fourth-order valence-corrected chi connectivity index (χ4v) is 4.46. The Bertz CT molecular complexity index is 369. The van der Waals surface area contributed by atoms with Gasteiger partial charge in [0.05, 0.1) is 12.2 Å². The van der Waals surface area contributed by atoms with Crippen LogP contribution in [-0.4, -0.2) is 43.9 Å². The summed E-state index contributed by atoms with van der Waals surface area (Å²) in [6, 6.07) is 0. The zero-order valence-electron chi connectivity index (χ0n) is 15.8. The molecular weight excluding hydrogens is 329 g/mol. The van der Waals surface area contributed by atoms with Crippen molar-refractivity contribution in [2.75, 3.05) is 13.2 Å². The molecule has 0 aliphatic heterocycles. The first-order valence-corrected chi connectivity index (χ1v) is 10.2. The molecule has 5 heteroatoms. The summed E-state index contributed by atoms with van der Waals surface area (Å²) < 4.78 is 54.3. The van der Waals surface area contributed by atoms with Gasteiger partial charge in [-0.05, 0) is 57.3 Å². The van der Waals surface area contributed by atoms with Gasteiger partial charge in [-0.3, -0.25) is 0 Å². The lowest BCUT2D eigenvalue weighted by Crippen LogP contribution is -2.47. The smallest absolute Gasteiger partial charge is 0.157 e. The first kappa shape index (κ1) is 21.0. The van der Waals surface area contributed by atoms with E-state index in [1.807, 2.05) is 0 Å². The molecule has 0 aromatic heterocycles. The number of alkyl halides is 3. The van der Waals surface area contributed by atoms with Crippen molar-refractivity contribution in [2.45, 2.75) is 102 Å². The lowest BCUT2D eigenvalue weighted by molar-refractivity contribution is -0.0973. The normalized spacial score (nSPS) is 39.5. The topological polar surface area (TPSA) is 18.5 Å². The molecule has 0 aromatic carbocycles. The van der Waals surface area contributed by atoms with Crippen molar-refractivity contribution in [3.8, 4) is 0 Å². The summed E-state index contributed by atoms with van der Waals surface area (Å²) >= 11 is 0. The van der Waals surface area contributed by atoms with Crippen LogP contribution in [-0.2, 0) is 9.47 Å². The summed E-state index contributed by atoms with van der Waals surface area (Å²) in [6.07, 6.45) is 2.05. The van der Waals surface area contributed by atoms with Gasteiger partial charge in [-0.25, -0.2) is 13.2 Å². The van der Waals surface area contributed by atoms with Crippen molar-refractivity contribution in [2.24, 2.45) is 11.8 Å². The number of hydrogen-bond acceptors (Lipinski definition) is 2. The Labute approximate surface area is 150 Å². The van der Waals surface area contributed by atoms with Crippen molar-refractivity contribution in [1.82, 2.24) is 0 Å². The van der Waals surface area contributed by atoms with Gasteiger partial charge in [-0.2, -0.15) is 0 Å². The molecule has 2 nitrogen and oxygen atoms in total. The summed E-state index contributed by atoms with van der Waals surface area (Å²) in [5.74, 6) is -0.457. The maximum atomic E-state index is 14.5. The van der Waals surface area contributed by atoms with Crippen LogP contribution in [0.4, 0.5) is 13.2 Å². The van der Waals surface area contributed by atoms with Gasteiger partial charge in [0, 0.05) is 13.2 Å². The number of ether oxygens (including phenoxy) is 2. The van der Waals surface area contributed by atoms with E-state index in [1.54, 1.807) is 6.92 Å². The molecule has 7 unspecified atom stereocenters. The largest absolute Gasteiger partial charge is 0.375 e. The minimum Gasteiger partial charge on any atom is -0.375 e. The molecule has 2 rings (SSSR count). The van der Waals surface area contributed by atoms with Crippen LogP contribution in [0, 0.1) is 11.8 Å². The number of unbranched alkanes of at least 4 members (excludes halogenated alkanes) is 3. The van der Waals surface area contributed by atoms with Crippen LogP contribution in [0.5, 0.6) is 0 Å². The zero-order chi connectivity index (χ0) is 18.2. The standard InChI is InChI=1S/C20H35F3O2/c1-3-5-6-7-12-25-17-10-8-14(13-16(17)21)15-9-11-18(24-4-2)20(23)19(15)22/h14-20H,3-13H2,1-2H3. The zero-order valence-corrected chi connectivity index (χ0v) is 15.8. The third kappa shape index (κ3) is 5.85. The van der Waals surface area contributed by atoms with Gasteiger partial charge in [-0.15, -0.1) is 0 Å². The Balaban J connectivity index is 1.76. The second kappa shape index (κ2) is 10.8. The molecule has 25 heavy (non-hydrogen) atoms. The number of rotatable bonds is 9. The van der Waals surface area contributed by atoms with Crippen molar-refractivity contribution in [3.05, 3.63) is 0 Å². The van der Waals surface area contributed by atoms with Gasteiger partial charge in [-0.1, -0.05) is 26.2 Å². The molecule has 2 fully saturated rings. The first-order chi connectivity index (χ1) is 12.1. The summed E-state index contributed by atoms with van der Waals surface area (Å²) in [5.41, 5.74) is 0. The van der Waals surface area contributed by atoms with Crippen LogP contribution < -0.4 is 0 Å². The van der Waals surface area contributed by atoms with Gasteiger partial charge in [0.2, 0.25) is 0 Å². The Kier molecular flexibility index (Phi) is 9.05. The maximum Gasteiger partial charge on any atom is 0.157 e. The highest BCUT2D eigenvalue weighted by Gasteiger charge is 2.46. The average Bonchev–Trinajstić information content (AvgIpc) is 2.60. The maximum absolute atomic E-state index is 14.5. The number of hydrogen-bond donors (Lipinski definition) is 0. The highest BCUT2D eigenvalue weighted by atomic mass is 19.2. The average molecular weight is 364 g/mol. The molecule has 7 atom stereocenters. The molecule has 0 spiro atoms. The summed E-state index contributed by atoms with van der Waals surface area (Å²) in [6.45, 7) is 4.95. The van der Waals surface area contributed by atoms with Crippen molar-refractivity contribution in [3.63, 3.8) is 0 Å². The van der Waals surface area contributed by atoms with E-state index in [1.165, 1.54) is 12.8 Å². The first-order valence-electron chi connectivity index (χ1n) is 10.2. The third-order valence-corrected chi connectivity index (χ3v) is 5.92. The van der Waals surface area contributed by atoms with Gasteiger partial charge >= 0.3 is 0 Å². The van der Waals surface area contributed by atoms with Crippen LogP contribution >= 0.6 is 0 Å². The molecular formula is C20H35F3O2. The summed E-state index contributed by atoms with van der Waals surface area (Å²) in [4.78, 5) is 0. The van der Waals surface area contributed by atoms with Crippen LogP contribution in [0.25, 0.3) is 0 Å². The summed E-state index contributed by atoms with van der Waals surface area (Å²) in [7, 11) is 0. The van der Waals surface area contributed by atoms with Gasteiger partial charge < -0.3 is 9.47 Å². The lowest BCUT2D eigenvalue weighted by atomic mass is 9.70. The predicted molar refractivity (Wildman–Crippen MR) is 94.0 cm³/mol. The molecule has 2 aliphatic rings. The lowest BCUT2D eigenvalue weighted by Gasteiger charge is -2.42. The molecule has 0 saturated heterocycles. The Morgan fingerprint density at radius 3 is 2.24 bits per heavy atom. The Morgan fingerprint density at radius 1 is 0.800 bits per heavy atom. The minimum atomic E-state index is -1.58. The molecule has 0 N–H and O–H groups in total. The second-order valence-corrected chi connectivity index (χ2v) is 7.68. The predicted octanol–water partition coefficient (Wildman–Crippen LogP) is 5.58. The van der Waals surface area contributed by atoms with Crippen molar-refractivity contribution in [1.29, 1.82) is 0 Å². The fraction of sp³-hybridized carbons (Fsp3) is 1.00. The molecule has 148 valence electrons. The molecule has 0 heterocycles. The van der Waals surface area contributed by atoms with Crippen molar-refractivity contribution >= 4 is 0 Å². The number of halogens is 3. The molecule has 2 aliphatic carbocycles. The van der Waals surface area contributed by atoms with Crippen LogP contribution in [0.3, 0.4) is 0 Å². The molecule has 0 bridgehead atoms. The van der Waals surface area contributed by atoms with E-state index in [0.717, 1.165) is 19.3 Å². The van der Waals surface area contributed by atoms with Crippen LogP contribution in [0.1, 0.15) is 71.6 Å². The third-order valence-electron chi connectivity index (χ3n) is 5.92. The second-order valence-electron chi connectivity index (χ2n) is 7.68. The van der Waals surface area contributed by atoms with Crippen LogP contribution in [0.15, 0.2) is 0 Å². The highest BCUT2D eigenvalue weighted by molar-refractivity contribution is 4.94. The monoisotopic (exact) mass is 364 g/mol. The van der Waals surface area contributed by atoms with E-state index < -0.39 is 24.6 Å². The van der Waals surface area contributed by atoms with E-state index in [0.29, 0.717) is 38.9 Å². The molecule has 2 saturated carbocycles. The highest BCUT2D eigenvalue weighted by Crippen LogP contribution is 2.42. The molecule has 0 radical (unpaired) electrons. The van der Waals surface area contributed by atoms with E-state index in [2.05, 4.69) is 6.92 Å². The molecule has 0 aromatic rings. The Morgan fingerprint density at radius 2 is 1.56 bits per heavy atom. The van der Waals surface area contributed by atoms with E-state index in [9.17, 15) is 13.2 Å². The SMILES string of the molecule is CCCCCCOC1CCC(C2CCC(OCC)C(F)C2F)CC1F. The Hall–Kier alpha value is -0.290. The van der Waals surface area contributed by atoms with Crippen LogP contribution in [0.2, 0.25) is 0 Å². The minimum absolute atomic E-state index is 0.0780. The van der Waals surface area contributed by atoms with Gasteiger partial charge in [0.25, 0.3) is 0 Å². The van der Waals surface area contributed by atoms with E-state index in [-0.39, 0.29) is 17.9 Å². The van der Waals surface area contributed by atoms with E-state index in [4.69, 9.17) is 9.47 Å². The van der Waals surface area contributed by atoms with E-state index >= 15 is 0 Å². The quantitative estimate of drug-likeness (QED) is 0.497.